The number of anilines is 1. The van der Waals surface area contributed by atoms with Gasteiger partial charge in [-0.05, 0) is 31.0 Å². The number of thioether (sulfide) groups is 1. The first kappa shape index (κ1) is 12.6. The number of hydrogen-bond donors (Lipinski definition) is 1. The highest BCUT2D eigenvalue weighted by atomic mass is 32.2. The minimum Gasteiger partial charge on any atom is -0.497 e. The molecule has 1 aromatic rings. The Morgan fingerprint density at radius 2 is 2.29 bits per heavy atom. The second-order valence-corrected chi connectivity index (χ2v) is 5.56. The maximum Gasteiger partial charge on any atom is 0.121 e. The largest absolute Gasteiger partial charge is 0.497 e. The van der Waals surface area contributed by atoms with Crippen molar-refractivity contribution in [3.8, 4) is 5.75 Å². The predicted molar refractivity (Wildman–Crippen MR) is 72.5 cm³/mol. The van der Waals surface area contributed by atoms with Crippen molar-refractivity contribution in [3.63, 3.8) is 0 Å². The van der Waals surface area contributed by atoms with Gasteiger partial charge >= 0.3 is 0 Å². The van der Waals surface area contributed by atoms with Crippen LogP contribution in [0.5, 0.6) is 5.75 Å². The summed E-state index contributed by atoms with van der Waals surface area (Å²) in [6.07, 6.45) is 1.51. The van der Waals surface area contributed by atoms with Crippen LogP contribution < -0.4 is 10.5 Å². The predicted octanol–water partition coefficient (Wildman–Crippen LogP) is 2.69. The van der Waals surface area contributed by atoms with Crippen molar-refractivity contribution >= 4 is 17.4 Å². The highest BCUT2D eigenvalue weighted by molar-refractivity contribution is 7.99. The average molecular weight is 253 g/mol. The van der Waals surface area contributed by atoms with E-state index >= 15 is 0 Å². The minimum atomic E-state index is 0.364. The fraction of sp³-hybridized carbons (Fsp3) is 0.538. The Labute approximate surface area is 107 Å². The van der Waals surface area contributed by atoms with Crippen LogP contribution in [0.4, 0.5) is 5.69 Å². The van der Waals surface area contributed by atoms with Gasteiger partial charge in [0.1, 0.15) is 5.75 Å². The van der Waals surface area contributed by atoms with E-state index in [4.69, 9.17) is 15.2 Å². The van der Waals surface area contributed by atoms with Gasteiger partial charge in [0.2, 0.25) is 0 Å². The van der Waals surface area contributed by atoms with Crippen LogP contribution >= 0.6 is 11.8 Å². The highest BCUT2D eigenvalue weighted by Crippen LogP contribution is 2.30. The average Bonchev–Trinajstić information content (AvgIpc) is 2.71. The fourth-order valence-electron chi connectivity index (χ4n) is 2.02. The van der Waals surface area contributed by atoms with Crippen LogP contribution in [0.15, 0.2) is 18.2 Å². The molecule has 0 spiro atoms. The lowest BCUT2D eigenvalue weighted by molar-refractivity contribution is 0.127. The SMILES string of the molecule is COc1cc(N)cc(CSC2CCOC2C)c1. The van der Waals surface area contributed by atoms with E-state index in [9.17, 15) is 0 Å². The zero-order chi connectivity index (χ0) is 12.3. The van der Waals surface area contributed by atoms with Gasteiger partial charge in [0.25, 0.3) is 0 Å². The fourth-order valence-corrected chi connectivity index (χ4v) is 3.21. The molecule has 1 aliphatic rings. The van der Waals surface area contributed by atoms with Gasteiger partial charge in [-0.25, -0.2) is 0 Å². The van der Waals surface area contributed by atoms with Crippen molar-refractivity contribution in [2.24, 2.45) is 0 Å². The van der Waals surface area contributed by atoms with E-state index in [-0.39, 0.29) is 0 Å². The molecule has 1 aliphatic heterocycles. The quantitative estimate of drug-likeness (QED) is 0.838. The molecule has 2 atom stereocenters. The lowest BCUT2D eigenvalue weighted by Gasteiger charge is -2.14. The summed E-state index contributed by atoms with van der Waals surface area (Å²) in [5, 5.41) is 0.599. The normalized spacial score (nSPS) is 23.9. The maximum atomic E-state index is 5.83. The molecule has 17 heavy (non-hydrogen) atoms. The Morgan fingerprint density at radius 1 is 1.47 bits per heavy atom. The number of nitrogen functional groups attached to an aromatic ring is 1. The first-order valence-electron chi connectivity index (χ1n) is 5.85. The number of nitrogens with two attached hydrogens (primary N) is 1. The van der Waals surface area contributed by atoms with Crippen LogP contribution in [0.3, 0.4) is 0 Å². The summed E-state index contributed by atoms with van der Waals surface area (Å²) in [7, 11) is 1.67. The molecule has 0 saturated carbocycles. The molecule has 0 amide bonds. The third kappa shape index (κ3) is 3.30. The molecule has 1 aromatic carbocycles. The maximum absolute atomic E-state index is 5.83. The number of benzene rings is 1. The smallest absolute Gasteiger partial charge is 0.121 e. The van der Waals surface area contributed by atoms with Gasteiger partial charge in [-0.3, -0.25) is 0 Å². The Hall–Kier alpha value is -0.870. The van der Waals surface area contributed by atoms with Crippen molar-refractivity contribution in [1.82, 2.24) is 0 Å². The zero-order valence-electron chi connectivity index (χ0n) is 10.3. The van der Waals surface area contributed by atoms with E-state index in [2.05, 4.69) is 6.92 Å². The monoisotopic (exact) mass is 253 g/mol. The van der Waals surface area contributed by atoms with Gasteiger partial charge in [0.05, 0.1) is 13.2 Å². The Bertz CT molecular complexity index is 384. The van der Waals surface area contributed by atoms with Gasteiger partial charge in [-0.2, -0.15) is 11.8 Å². The molecule has 1 heterocycles. The highest BCUT2D eigenvalue weighted by Gasteiger charge is 2.24. The molecular weight excluding hydrogens is 234 g/mol. The van der Waals surface area contributed by atoms with Gasteiger partial charge in [0.15, 0.2) is 0 Å². The van der Waals surface area contributed by atoms with E-state index in [1.807, 2.05) is 30.0 Å². The van der Waals surface area contributed by atoms with Crippen molar-refractivity contribution < 1.29 is 9.47 Å². The second kappa shape index (κ2) is 5.65. The molecule has 0 aromatic heterocycles. The Balaban J connectivity index is 1.96. The van der Waals surface area contributed by atoms with Crippen LogP contribution in [0.2, 0.25) is 0 Å². The van der Waals surface area contributed by atoms with Crippen molar-refractivity contribution in [1.29, 1.82) is 0 Å². The first-order valence-corrected chi connectivity index (χ1v) is 6.90. The van der Waals surface area contributed by atoms with E-state index in [0.29, 0.717) is 11.4 Å². The van der Waals surface area contributed by atoms with E-state index in [0.717, 1.165) is 30.2 Å². The second-order valence-electron chi connectivity index (χ2n) is 4.33. The summed E-state index contributed by atoms with van der Waals surface area (Å²) in [4.78, 5) is 0. The molecule has 1 saturated heterocycles. The summed E-state index contributed by atoms with van der Waals surface area (Å²) in [5.74, 6) is 1.79. The number of rotatable bonds is 4. The van der Waals surface area contributed by atoms with E-state index in [1.54, 1.807) is 7.11 Å². The molecule has 2 unspecified atom stereocenters. The van der Waals surface area contributed by atoms with E-state index in [1.165, 1.54) is 5.56 Å². The lowest BCUT2D eigenvalue weighted by Crippen LogP contribution is -2.13. The molecule has 94 valence electrons. The summed E-state index contributed by atoms with van der Waals surface area (Å²) >= 11 is 1.94. The van der Waals surface area contributed by atoms with Crippen molar-refractivity contribution in [2.75, 3.05) is 19.5 Å². The number of hydrogen-bond acceptors (Lipinski definition) is 4. The molecule has 2 rings (SSSR count). The van der Waals surface area contributed by atoms with Gasteiger partial charge in [0, 0.05) is 29.4 Å². The molecule has 0 aliphatic carbocycles. The standard InChI is InChI=1S/C13H19NO2S/c1-9-13(3-4-16-9)17-8-10-5-11(14)7-12(6-10)15-2/h5-7,9,13H,3-4,8,14H2,1-2H3. The Kier molecular flexibility index (Phi) is 4.18. The molecular formula is C13H19NO2S. The zero-order valence-corrected chi connectivity index (χ0v) is 11.1. The summed E-state index contributed by atoms with van der Waals surface area (Å²) < 4.78 is 10.8. The van der Waals surface area contributed by atoms with E-state index < -0.39 is 0 Å². The topological polar surface area (TPSA) is 44.5 Å². The van der Waals surface area contributed by atoms with Gasteiger partial charge < -0.3 is 15.2 Å². The molecule has 4 heteroatoms. The van der Waals surface area contributed by atoms with Crippen LogP contribution in [0, 0.1) is 0 Å². The summed E-state index contributed by atoms with van der Waals surface area (Å²) in [6.45, 7) is 3.03. The third-order valence-electron chi connectivity index (χ3n) is 3.00. The van der Waals surface area contributed by atoms with Crippen molar-refractivity contribution in [2.45, 2.75) is 30.5 Å². The molecule has 3 nitrogen and oxygen atoms in total. The lowest BCUT2D eigenvalue weighted by atomic mass is 10.2. The summed E-state index contributed by atoms with van der Waals surface area (Å²) in [5.41, 5.74) is 7.81. The number of ether oxygens (including phenoxy) is 2. The van der Waals surface area contributed by atoms with Gasteiger partial charge in [-0.15, -0.1) is 0 Å². The Morgan fingerprint density at radius 3 is 2.94 bits per heavy atom. The molecule has 1 fully saturated rings. The number of methoxy groups -OCH3 is 1. The summed E-state index contributed by atoms with van der Waals surface area (Å²) in [6, 6.07) is 5.90. The first-order chi connectivity index (χ1) is 8.19. The van der Waals surface area contributed by atoms with Crippen LogP contribution in [-0.4, -0.2) is 25.1 Å². The van der Waals surface area contributed by atoms with Crippen LogP contribution in [0.1, 0.15) is 18.9 Å². The van der Waals surface area contributed by atoms with Crippen LogP contribution in [0.25, 0.3) is 0 Å². The molecule has 0 bridgehead atoms. The third-order valence-corrected chi connectivity index (χ3v) is 4.54. The minimum absolute atomic E-state index is 0.364. The van der Waals surface area contributed by atoms with Gasteiger partial charge in [-0.1, -0.05) is 0 Å². The van der Waals surface area contributed by atoms with Crippen LogP contribution in [-0.2, 0) is 10.5 Å². The molecule has 2 N–H and O–H groups in total. The molecule has 0 radical (unpaired) electrons. The van der Waals surface area contributed by atoms with Crippen molar-refractivity contribution in [3.05, 3.63) is 23.8 Å².